The van der Waals surface area contributed by atoms with E-state index < -0.39 is 24.2 Å². The molecule has 7 rings (SSSR count). The van der Waals surface area contributed by atoms with Crippen LogP contribution < -0.4 is 10.1 Å². The van der Waals surface area contributed by atoms with E-state index in [9.17, 15) is 29.1 Å². The number of carboxylic acid groups (broad SMARTS) is 1. The van der Waals surface area contributed by atoms with Crippen LogP contribution >= 0.6 is 0 Å². The van der Waals surface area contributed by atoms with Gasteiger partial charge in [0.2, 0.25) is 11.8 Å². The van der Waals surface area contributed by atoms with Crippen LogP contribution in [0, 0.1) is 25.2 Å². The molecule has 3 heterocycles. The quantitative estimate of drug-likeness (QED) is 0.112. The van der Waals surface area contributed by atoms with Crippen LogP contribution in [0.5, 0.6) is 5.75 Å². The summed E-state index contributed by atoms with van der Waals surface area (Å²) in [6.45, 7) is 5.74. The van der Waals surface area contributed by atoms with Crippen molar-refractivity contribution in [1.29, 1.82) is 5.26 Å². The van der Waals surface area contributed by atoms with E-state index in [0.717, 1.165) is 33.4 Å². The standard InChI is InChI=1S/C41H39F2N5O6/c1-22-27(28-9-6-11-30(23(28)2)38-47-32-15-24(19-45-21-41(3,4)51)14-25(18-44)36(32)54-38)8-5-10-29(22)37-46-31-16-26(20-48-13-7-12-33(48)39(49)50)34(53-40(42)43)17-35(31)52-37/h5-6,8-11,14-17,33,40,45,51H,7,12-13,19-21H2,1-4H3,(H,49,50)/t33-/m0/s1. The number of halogens is 2. The molecule has 13 heteroatoms. The molecule has 11 nitrogen and oxygen atoms in total. The largest absolute Gasteiger partial charge is 0.480 e. The number of fused-ring (bicyclic) bond motifs is 2. The Balaban J connectivity index is 1.22. The van der Waals surface area contributed by atoms with Crippen molar-refractivity contribution in [2.24, 2.45) is 0 Å². The van der Waals surface area contributed by atoms with Crippen LogP contribution in [0.3, 0.4) is 0 Å². The summed E-state index contributed by atoms with van der Waals surface area (Å²) in [5.41, 5.74) is 7.38. The molecule has 1 aliphatic rings. The number of rotatable bonds is 12. The van der Waals surface area contributed by atoms with Crippen LogP contribution in [0.4, 0.5) is 8.78 Å². The monoisotopic (exact) mass is 735 g/mol. The van der Waals surface area contributed by atoms with Crippen molar-refractivity contribution in [3.8, 4) is 45.9 Å². The molecule has 1 atom stereocenters. The predicted molar refractivity (Wildman–Crippen MR) is 198 cm³/mol. The fourth-order valence-corrected chi connectivity index (χ4v) is 7.18. The number of alkyl halides is 2. The van der Waals surface area contributed by atoms with Crippen molar-refractivity contribution in [2.45, 2.75) is 71.9 Å². The highest BCUT2D eigenvalue weighted by Crippen LogP contribution is 2.39. The fourth-order valence-electron chi connectivity index (χ4n) is 7.18. The molecule has 0 bridgehead atoms. The van der Waals surface area contributed by atoms with Gasteiger partial charge in [-0.05, 0) is 105 Å². The highest BCUT2D eigenvalue weighted by Gasteiger charge is 2.31. The number of hydrogen-bond acceptors (Lipinski definition) is 10. The van der Waals surface area contributed by atoms with Gasteiger partial charge in [0.05, 0.1) is 11.2 Å². The smallest absolute Gasteiger partial charge is 0.387 e. The molecule has 1 saturated heterocycles. The highest BCUT2D eigenvalue weighted by molar-refractivity contribution is 5.86. The molecule has 0 aliphatic carbocycles. The van der Waals surface area contributed by atoms with Crippen LogP contribution in [0.1, 0.15) is 54.5 Å². The first-order valence-corrected chi connectivity index (χ1v) is 17.6. The molecule has 0 amide bonds. The first-order chi connectivity index (χ1) is 25.8. The second-order valence-electron chi connectivity index (χ2n) is 14.3. The summed E-state index contributed by atoms with van der Waals surface area (Å²) in [5.74, 6) is -0.377. The average Bonchev–Trinajstić information content (AvgIpc) is 3.86. The normalized spacial score (nSPS) is 15.1. The Morgan fingerprint density at radius 1 is 1.02 bits per heavy atom. The summed E-state index contributed by atoms with van der Waals surface area (Å²) < 4.78 is 44.2. The van der Waals surface area contributed by atoms with Crippen molar-refractivity contribution in [2.75, 3.05) is 13.1 Å². The number of nitriles is 1. The third-order valence-electron chi connectivity index (χ3n) is 9.78. The number of aliphatic carboxylic acids is 1. The lowest BCUT2D eigenvalue weighted by molar-refractivity contribution is -0.142. The summed E-state index contributed by atoms with van der Waals surface area (Å²) in [6, 6.07) is 19.7. The summed E-state index contributed by atoms with van der Waals surface area (Å²) >= 11 is 0. The topological polar surface area (TPSA) is 158 Å². The molecule has 278 valence electrons. The molecular weight excluding hydrogens is 696 g/mol. The third-order valence-corrected chi connectivity index (χ3v) is 9.78. The minimum atomic E-state index is -3.08. The molecule has 1 fully saturated rings. The average molecular weight is 736 g/mol. The minimum absolute atomic E-state index is 0.0890. The van der Waals surface area contributed by atoms with Crippen molar-refractivity contribution in [3.63, 3.8) is 0 Å². The van der Waals surface area contributed by atoms with Gasteiger partial charge in [-0.15, -0.1) is 0 Å². The molecule has 54 heavy (non-hydrogen) atoms. The van der Waals surface area contributed by atoms with Gasteiger partial charge < -0.3 is 29.1 Å². The van der Waals surface area contributed by atoms with Gasteiger partial charge in [0.1, 0.15) is 28.9 Å². The van der Waals surface area contributed by atoms with E-state index >= 15 is 0 Å². The first kappa shape index (κ1) is 36.7. The van der Waals surface area contributed by atoms with Crippen LogP contribution in [0.15, 0.2) is 69.5 Å². The number of likely N-dealkylation sites (tertiary alicyclic amines) is 1. The van der Waals surface area contributed by atoms with E-state index in [2.05, 4.69) is 11.4 Å². The third kappa shape index (κ3) is 7.41. The van der Waals surface area contributed by atoms with E-state index in [4.69, 9.17) is 23.5 Å². The van der Waals surface area contributed by atoms with E-state index in [1.54, 1.807) is 30.9 Å². The number of nitrogens with zero attached hydrogens (tertiary/aromatic N) is 4. The van der Waals surface area contributed by atoms with Gasteiger partial charge in [0.25, 0.3) is 0 Å². The molecule has 0 radical (unpaired) electrons. The molecule has 0 spiro atoms. The van der Waals surface area contributed by atoms with E-state index in [1.165, 1.54) is 6.07 Å². The Morgan fingerprint density at radius 2 is 1.67 bits per heavy atom. The zero-order valence-corrected chi connectivity index (χ0v) is 30.2. The van der Waals surface area contributed by atoms with Crippen LogP contribution in [0.25, 0.3) is 56.2 Å². The molecule has 2 aromatic heterocycles. The van der Waals surface area contributed by atoms with Gasteiger partial charge in [-0.2, -0.15) is 14.0 Å². The van der Waals surface area contributed by atoms with E-state index in [1.807, 2.05) is 56.3 Å². The van der Waals surface area contributed by atoms with Gasteiger partial charge in [-0.25, -0.2) is 9.97 Å². The Hall–Kier alpha value is -5.68. The molecular formula is C41H39F2N5O6. The van der Waals surface area contributed by atoms with E-state index in [0.29, 0.717) is 77.6 Å². The number of aromatic nitrogens is 2. The van der Waals surface area contributed by atoms with Crippen LogP contribution in [0.2, 0.25) is 0 Å². The zero-order chi connectivity index (χ0) is 38.3. The van der Waals surface area contributed by atoms with Gasteiger partial charge in [0.15, 0.2) is 11.2 Å². The predicted octanol–water partition coefficient (Wildman–Crippen LogP) is 7.97. The number of hydrogen-bond donors (Lipinski definition) is 3. The lowest BCUT2D eigenvalue weighted by Gasteiger charge is -2.22. The summed E-state index contributed by atoms with van der Waals surface area (Å²) in [6.07, 6.45) is 1.17. The van der Waals surface area contributed by atoms with Gasteiger partial charge >= 0.3 is 12.6 Å². The van der Waals surface area contributed by atoms with Crippen molar-refractivity contribution in [1.82, 2.24) is 20.2 Å². The van der Waals surface area contributed by atoms with Gasteiger partial charge in [-0.1, -0.05) is 24.3 Å². The summed E-state index contributed by atoms with van der Waals surface area (Å²) in [7, 11) is 0. The second-order valence-corrected chi connectivity index (χ2v) is 14.3. The maximum absolute atomic E-state index is 13.5. The lowest BCUT2D eigenvalue weighted by atomic mass is 9.91. The maximum Gasteiger partial charge on any atom is 0.387 e. The number of ether oxygens (including phenoxy) is 1. The number of oxazole rings is 2. The number of carbonyl (C=O) groups is 1. The van der Waals surface area contributed by atoms with Crippen molar-refractivity contribution >= 4 is 28.2 Å². The van der Waals surface area contributed by atoms with Crippen LogP contribution in [-0.4, -0.2) is 62.4 Å². The van der Waals surface area contributed by atoms with Gasteiger partial charge in [-0.3, -0.25) is 9.69 Å². The molecule has 0 unspecified atom stereocenters. The zero-order valence-electron chi connectivity index (χ0n) is 30.2. The van der Waals surface area contributed by atoms with Gasteiger partial charge in [0, 0.05) is 42.4 Å². The molecule has 6 aromatic rings. The van der Waals surface area contributed by atoms with Crippen molar-refractivity contribution < 1.29 is 37.4 Å². The van der Waals surface area contributed by atoms with E-state index in [-0.39, 0.29) is 17.9 Å². The van der Waals surface area contributed by atoms with Crippen molar-refractivity contribution in [3.05, 3.63) is 88.5 Å². The number of carboxylic acids is 1. The lowest BCUT2D eigenvalue weighted by Crippen LogP contribution is -2.35. The highest BCUT2D eigenvalue weighted by atomic mass is 19.3. The fraction of sp³-hybridized carbons (Fsp3) is 0.317. The first-order valence-electron chi connectivity index (χ1n) is 17.6. The maximum atomic E-state index is 13.5. The summed E-state index contributed by atoms with van der Waals surface area (Å²) in [5, 5.41) is 32.8. The SMILES string of the molecule is Cc1c(-c2nc3cc(CN4CCC[C@H]4C(=O)O)c(OC(F)F)cc3o2)cccc1-c1cccc(-c2nc3cc(CNCC(C)(C)O)cc(C#N)c3o2)c1C. The van der Waals surface area contributed by atoms with Crippen LogP contribution in [-0.2, 0) is 17.9 Å². The number of benzene rings is 4. The summed E-state index contributed by atoms with van der Waals surface area (Å²) in [4.78, 5) is 23.1. The Kier molecular flexibility index (Phi) is 9.93. The number of nitrogens with one attached hydrogen (secondary N) is 1. The Labute approximate surface area is 309 Å². The molecule has 1 aliphatic heterocycles. The molecule has 4 aromatic carbocycles. The second kappa shape index (κ2) is 14.6. The molecule has 0 saturated carbocycles. The Morgan fingerprint density at radius 3 is 2.30 bits per heavy atom. The number of aliphatic hydroxyl groups is 1. The Bertz CT molecular complexity index is 2430. The molecule has 3 N–H and O–H groups in total. The minimum Gasteiger partial charge on any atom is -0.480 e.